The first kappa shape index (κ1) is 20.6. The number of nitrogens with one attached hydrogen (secondary N) is 1. The number of hydrogen-bond donors (Lipinski definition) is 1. The molecular weight excluding hydrogens is 372 g/mol. The van der Waals surface area contributed by atoms with Gasteiger partial charge in [0, 0.05) is 24.3 Å². The van der Waals surface area contributed by atoms with Crippen molar-refractivity contribution in [2.24, 2.45) is 5.92 Å². The van der Waals surface area contributed by atoms with E-state index in [4.69, 9.17) is 0 Å². The lowest BCUT2D eigenvalue weighted by Crippen LogP contribution is -2.39. The molecule has 0 bridgehead atoms. The van der Waals surface area contributed by atoms with Crippen molar-refractivity contribution in [3.8, 4) is 0 Å². The Morgan fingerprint density at radius 3 is 2.68 bits per heavy atom. The van der Waals surface area contributed by atoms with Crippen LogP contribution in [-0.2, 0) is 10.0 Å². The SMILES string of the molecule is Cc1cccc(NCC(=O)c2cccc(S(=O)(=O)N3CCCC(C)C3)c2)c1C. The van der Waals surface area contributed by atoms with Gasteiger partial charge in [-0.3, -0.25) is 4.79 Å². The maximum atomic E-state index is 13.0. The van der Waals surface area contributed by atoms with Crippen molar-refractivity contribution in [3.05, 3.63) is 59.2 Å². The summed E-state index contributed by atoms with van der Waals surface area (Å²) in [5.74, 6) is 0.222. The Morgan fingerprint density at radius 1 is 1.18 bits per heavy atom. The largest absolute Gasteiger partial charge is 0.377 e. The Bertz CT molecular complexity index is 969. The molecule has 2 aromatic carbocycles. The predicted octanol–water partition coefficient (Wildman–Crippen LogP) is 4.02. The van der Waals surface area contributed by atoms with Crippen LogP contribution in [0.3, 0.4) is 0 Å². The van der Waals surface area contributed by atoms with Crippen LogP contribution in [0, 0.1) is 19.8 Å². The molecule has 1 unspecified atom stereocenters. The molecule has 1 heterocycles. The Labute approximate surface area is 167 Å². The molecule has 0 aliphatic carbocycles. The molecule has 0 spiro atoms. The summed E-state index contributed by atoms with van der Waals surface area (Å²) in [6, 6.07) is 12.3. The number of aryl methyl sites for hydroxylation is 1. The molecule has 28 heavy (non-hydrogen) atoms. The molecule has 2 aromatic rings. The maximum Gasteiger partial charge on any atom is 0.243 e. The summed E-state index contributed by atoms with van der Waals surface area (Å²) in [4.78, 5) is 12.8. The molecule has 3 rings (SSSR count). The minimum atomic E-state index is -3.57. The Morgan fingerprint density at radius 2 is 1.93 bits per heavy atom. The first-order valence-corrected chi connectivity index (χ1v) is 11.2. The summed E-state index contributed by atoms with van der Waals surface area (Å²) in [6.45, 7) is 7.30. The van der Waals surface area contributed by atoms with Crippen LogP contribution in [0.25, 0.3) is 0 Å². The van der Waals surface area contributed by atoms with Gasteiger partial charge >= 0.3 is 0 Å². The van der Waals surface area contributed by atoms with Gasteiger partial charge in [-0.15, -0.1) is 0 Å². The van der Waals surface area contributed by atoms with E-state index < -0.39 is 10.0 Å². The highest BCUT2D eigenvalue weighted by Gasteiger charge is 2.29. The lowest BCUT2D eigenvalue weighted by molar-refractivity contribution is 0.101. The molecule has 1 N–H and O–H groups in total. The third kappa shape index (κ3) is 4.45. The number of rotatable bonds is 6. The predicted molar refractivity (Wildman–Crippen MR) is 112 cm³/mol. The highest BCUT2D eigenvalue weighted by atomic mass is 32.2. The summed E-state index contributed by atoms with van der Waals surface area (Å²) in [5, 5.41) is 3.17. The second kappa shape index (κ2) is 8.45. The fourth-order valence-electron chi connectivity index (χ4n) is 3.56. The lowest BCUT2D eigenvalue weighted by Gasteiger charge is -2.30. The second-order valence-corrected chi connectivity index (χ2v) is 9.60. The molecule has 5 nitrogen and oxygen atoms in total. The van der Waals surface area contributed by atoms with Gasteiger partial charge in [-0.2, -0.15) is 4.31 Å². The molecule has 6 heteroatoms. The van der Waals surface area contributed by atoms with Crippen molar-refractivity contribution >= 4 is 21.5 Å². The van der Waals surface area contributed by atoms with Gasteiger partial charge in [0.05, 0.1) is 11.4 Å². The zero-order valence-corrected chi connectivity index (χ0v) is 17.6. The number of nitrogens with zero attached hydrogens (tertiary/aromatic N) is 1. The third-order valence-electron chi connectivity index (χ3n) is 5.46. The van der Waals surface area contributed by atoms with Gasteiger partial charge in [0.15, 0.2) is 5.78 Å². The van der Waals surface area contributed by atoms with Crippen molar-refractivity contribution in [3.63, 3.8) is 0 Å². The van der Waals surface area contributed by atoms with E-state index in [-0.39, 0.29) is 17.2 Å². The van der Waals surface area contributed by atoms with Crippen molar-refractivity contribution in [1.82, 2.24) is 4.31 Å². The van der Waals surface area contributed by atoms with E-state index in [0.717, 1.165) is 29.7 Å². The molecule has 1 saturated heterocycles. The van der Waals surface area contributed by atoms with Gasteiger partial charge in [0.1, 0.15) is 0 Å². The molecule has 0 amide bonds. The van der Waals surface area contributed by atoms with Crippen molar-refractivity contribution < 1.29 is 13.2 Å². The quantitative estimate of drug-likeness (QED) is 0.744. The van der Waals surface area contributed by atoms with Gasteiger partial charge in [-0.05, 0) is 61.9 Å². The van der Waals surface area contributed by atoms with E-state index in [1.807, 2.05) is 32.0 Å². The number of Topliss-reactive ketones (excluding diaryl/α,β-unsaturated/α-hetero) is 1. The monoisotopic (exact) mass is 400 g/mol. The summed E-state index contributed by atoms with van der Waals surface area (Å²) < 4.78 is 27.5. The first-order chi connectivity index (χ1) is 13.3. The van der Waals surface area contributed by atoms with Gasteiger partial charge in [0.2, 0.25) is 10.0 Å². The van der Waals surface area contributed by atoms with E-state index in [1.165, 1.54) is 6.07 Å². The molecule has 0 aromatic heterocycles. The molecule has 1 aliphatic rings. The fraction of sp³-hybridized carbons (Fsp3) is 0.409. The van der Waals surface area contributed by atoms with Crippen LogP contribution in [0.15, 0.2) is 47.4 Å². The van der Waals surface area contributed by atoms with E-state index in [2.05, 4.69) is 12.2 Å². The number of sulfonamides is 1. The Kier molecular flexibility index (Phi) is 6.20. The normalized spacial score (nSPS) is 18.0. The minimum absolute atomic E-state index is 0.120. The first-order valence-electron chi connectivity index (χ1n) is 9.72. The average molecular weight is 401 g/mol. The molecule has 150 valence electrons. The fourth-order valence-corrected chi connectivity index (χ4v) is 5.21. The van der Waals surface area contributed by atoms with Crippen LogP contribution < -0.4 is 5.32 Å². The number of benzene rings is 2. The van der Waals surface area contributed by atoms with Gasteiger partial charge in [0.25, 0.3) is 0 Å². The summed E-state index contributed by atoms with van der Waals surface area (Å²) >= 11 is 0. The number of piperidine rings is 1. The number of carbonyl (C=O) groups excluding carboxylic acids is 1. The molecule has 1 aliphatic heterocycles. The maximum absolute atomic E-state index is 13.0. The van der Waals surface area contributed by atoms with Crippen LogP contribution >= 0.6 is 0 Å². The van der Waals surface area contributed by atoms with Crippen LogP contribution in [0.5, 0.6) is 0 Å². The van der Waals surface area contributed by atoms with Crippen LogP contribution in [0.1, 0.15) is 41.3 Å². The zero-order valence-electron chi connectivity index (χ0n) is 16.7. The third-order valence-corrected chi connectivity index (χ3v) is 7.32. The molecule has 1 fully saturated rings. The number of hydrogen-bond acceptors (Lipinski definition) is 4. The van der Waals surface area contributed by atoms with E-state index >= 15 is 0 Å². The van der Waals surface area contributed by atoms with Crippen molar-refractivity contribution in [2.45, 2.75) is 38.5 Å². The molecule has 1 atom stereocenters. The van der Waals surface area contributed by atoms with E-state index in [9.17, 15) is 13.2 Å². The number of ketones is 1. The smallest absolute Gasteiger partial charge is 0.243 e. The Hall–Kier alpha value is -2.18. The summed E-state index contributed by atoms with van der Waals surface area (Å²) in [5.41, 5.74) is 3.58. The van der Waals surface area contributed by atoms with Crippen molar-refractivity contribution in [1.29, 1.82) is 0 Å². The van der Waals surface area contributed by atoms with Gasteiger partial charge < -0.3 is 5.32 Å². The van der Waals surface area contributed by atoms with Crippen LogP contribution in [-0.4, -0.2) is 38.1 Å². The highest BCUT2D eigenvalue weighted by Crippen LogP contribution is 2.24. The number of carbonyl (C=O) groups is 1. The highest BCUT2D eigenvalue weighted by molar-refractivity contribution is 7.89. The Balaban J connectivity index is 1.75. The minimum Gasteiger partial charge on any atom is -0.377 e. The second-order valence-electron chi connectivity index (χ2n) is 7.66. The van der Waals surface area contributed by atoms with E-state index in [0.29, 0.717) is 24.6 Å². The van der Waals surface area contributed by atoms with Gasteiger partial charge in [-0.25, -0.2) is 8.42 Å². The van der Waals surface area contributed by atoms with Crippen LogP contribution in [0.2, 0.25) is 0 Å². The average Bonchev–Trinajstić information content (AvgIpc) is 2.69. The molecule has 0 saturated carbocycles. The topological polar surface area (TPSA) is 66.5 Å². The van der Waals surface area contributed by atoms with E-state index in [1.54, 1.807) is 22.5 Å². The summed E-state index contributed by atoms with van der Waals surface area (Å²) in [7, 11) is -3.57. The van der Waals surface area contributed by atoms with Gasteiger partial charge in [-0.1, -0.05) is 31.2 Å². The standard InChI is InChI=1S/C22H28N2O3S/c1-16-7-6-12-24(15-16)28(26,27)20-10-5-9-19(13-20)22(25)14-23-21-11-4-8-17(2)18(21)3/h4-5,8-11,13,16,23H,6-7,12,14-15H2,1-3H3. The zero-order chi connectivity index (χ0) is 20.3. The number of anilines is 1. The molecule has 0 radical (unpaired) electrons. The molecular formula is C22H28N2O3S. The summed E-state index contributed by atoms with van der Waals surface area (Å²) in [6.07, 6.45) is 1.92. The van der Waals surface area contributed by atoms with Crippen molar-refractivity contribution in [2.75, 3.05) is 25.0 Å². The van der Waals surface area contributed by atoms with Crippen LogP contribution in [0.4, 0.5) is 5.69 Å². The lowest BCUT2D eigenvalue weighted by atomic mass is 10.0.